The number of aryl methyl sites for hydroxylation is 1. The molecular weight excluding hydrogens is 334 g/mol. The average Bonchev–Trinajstić information content (AvgIpc) is 3.15. The lowest BCUT2D eigenvalue weighted by Gasteiger charge is -2.25. The van der Waals surface area contributed by atoms with E-state index in [9.17, 15) is 0 Å². The van der Waals surface area contributed by atoms with Gasteiger partial charge in [0, 0.05) is 29.1 Å². The monoisotopic (exact) mass is 353 g/mol. The van der Waals surface area contributed by atoms with Crippen molar-refractivity contribution in [3.63, 3.8) is 0 Å². The first-order valence-electron chi connectivity index (χ1n) is 8.30. The lowest BCUT2D eigenvalue weighted by molar-refractivity contribution is 0.0773. The number of aromatic nitrogens is 2. The lowest BCUT2D eigenvalue weighted by Crippen LogP contribution is -2.30. The Morgan fingerprint density at radius 1 is 0.920 bits per heavy atom. The summed E-state index contributed by atoms with van der Waals surface area (Å²) in [6, 6.07) is 16.1. The molecule has 2 aromatic carbocycles. The lowest BCUT2D eigenvalue weighted by atomic mass is 10.1. The molecule has 0 spiro atoms. The van der Waals surface area contributed by atoms with Gasteiger partial charge in [0.05, 0.1) is 13.2 Å². The Balaban J connectivity index is 1.58. The first kappa shape index (κ1) is 16.3. The summed E-state index contributed by atoms with van der Waals surface area (Å²) < 4.78 is 13.6. The van der Waals surface area contributed by atoms with E-state index in [1.54, 1.807) is 11.9 Å². The molecule has 1 aliphatic rings. The third-order valence-corrected chi connectivity index (χ3v) is 5.34. The molecule has 4 rings (SSSR count). The summed E-state index contributed by atoms with van der Waals surface area (Å²) in [4.78, 5) is 1.21. The predicted molar refractivity (Wildman–Crippen MR) is 98.2 cm³/mol. The van der Waals surface area contributed by atoms with Crippen molar-refractivity contribution in [2.45, 2.75) is 11.8 Å². The van der Waals surface area contributed by atoms with E-state index >= 15 is 0 Å². The van der Waals surface area contributed by atoms with Gasteiger partial charge < -0.3 is 9.15 Å². The summed E-state index contributed by atoms with van der Waals surface area (Å²) in [7, 11) is 0. The van der Waals surface area contributed by atoms with Crippen LogP contribution in [0, 0.1) is 6.92 Å². The zero-order valence-corrected chi connectivity index (χ0v) is 14.8. The van der Waals surface area contributed by atoms with Gasteiger partial charge in [-0.3, -0.25) is 0 Å². The van der Waals surface area contributed by atoms with E-state index in [4.69, 9.17) is 9.15 Å². The quantitative estimate of drug-likeness (QED) is 0.660. The minimum absolute atomic E-state index is 0.540. The van der Waals surface area contributed by atoms with Crippen LogP contribution in [0.1, 0.15) is 5.56 Å². The molecule has 1 aliphatic heterocycles. The highest BCUT2D eigenvalue weighted by Gasteiger charge is 2.15. The van der Waals surface area contributed by atoms with Crippen LogP contribution < -0.4 is 0 Å². The van der Waals surface area contributed by atoms with Crippen molar-refractivity contribution in [3.8, 4) is 22.9 Å². The number of benzene rings is 2. The van der Waals surface area contributed by atoms with E-state index in [2.05, 4.69) is 33.6 Å². The highest BCUT2D eigenvalue weighted by Crippen LogP contribution is 2.31. The molecule has 0 radical (unpaired) electrons. The van der Waals surface area contributed by atoms with Crippen molar-refractivity contribution in [2.75, 3.05) is 26.3 Å². The van der Waals surface area contributed by atoms with Gasteiger partial charge in [-0.25, -0.2) is 4.31 Å². The average molecular weight is 353 g/mol. The molecule has 0 saturated carbocycles. The molecular formula is C19H19N3O2S. The highest BCUT2D eigenvalue weighted by atomic mass is 32.2. The molecule has 0 N–H and O–H groups in total. The van der Waals surface area contributed by atoms with Crippen LogP contribution in [0.15, 0.2) is 57.8 Å². The maximum absolute atomic E-state index is 5.88. The molecule has 3 aromatic rings. The Bertz CT molecular complexity index is 845. The Labute approximate surface area is 151 Å². The van der Waals surface area contributed by atoms with Gasteiger partial charge in [0.1, 0.15) is 0 Å². The zero-order valence-electron chi connectivity index (χ0n) is 14.0. The first-order chi connectivity index (χ1) is 12.3. The molecule has 1 saturated heterocycles. The molecule has 128 valence electrons. The topological polar surface area (TPSA) is 51.4 Å². The number of hydrogen-bond acceptors (Lipinski definition) is 6. The maximum atomic E-state index is 5.88. The molecule has 1 fully saturated rings. The SMILES string of the molecule is Cc1ccc(-c2nnc(-c3ccccc3)o2)cc1SN1CCOCC1. The number of morpholine rings is 1. The van der Waals surface area contributed by atoms with Crippen LogP contribution in [0.25, 0.3) is 22.9 Å². The maximum Gasteiger partial charge on any atom is 0.248 e. The van der Waals surface area contributed by atoms with Crippen molar-refractivity contribution in [2.24, 2.45) is 0 Å². The molecule has 1 aromatic heterocycles. The highest BCUT2D eigenvalue weighted by molar-refractivity contribution is 7.97. The van der Waals surface area contributed by atoms with E-state index in [1.165, 1.54) is 10.5 Å². The minimum Gasteiger partial charge on any atom is -0.416 e. The molecule has 0 unspecified atom stereocenters. The Kier molecular flexibility index (Phi) is 4.83. The van der Waals surface area contributed by atoms with Gasteiger partial charge in [-0.1, -0.05) is 24.3 Å². The fourth-order valence-corrected chi connectivity index (χ4v) is 3.65. The summed E-state index contributed by atoms with van der Waals surface area (Å²) >= 11 is 1.77. The zero-order chi connectivity index (χ0) is 17.1. The van der Waals surface area contributed by atoms with Gasteiger partial charge in [0.25, 0.3) is 0 Å². The third kappa shape index (κ3) is 3.76. The molecule has 0 aliphatic carbocycles. The molecule has 25 heavy (non-hydrogen) atoms. The summed E-state index contributed by atoms with van der Waals surface area (Å²) in [5, 5.41) is 8.40. The van der Waals surface area contributed by atoms with Crippen molar-refractivity contribution >= 4 is 11.9 Å². The van der Waals surface area contributed by atoms with E-state index in [1.807, 2.05) is 36.4 Å². The van der Waals surface area contributed by atoms with Crippen molar-refractivity contribution in [1.82, 2.24) is 14.5 Å². The molecule has 0 atom stereocenters. The third-order valence-electron chi connectivity index (χ3n) is 4.08. The number of nitrogens with zero attached hydrogens (tertiary/aromatic N) is 3. The second kappa shape index (κ2) is 7.39. The van der Waals surface area contributed by atoms with E-state index in [0.29, 0.717) is 11.8 Å². The number of hydrogen-bond donors (Lipinski definition) is 0. The summed E-state index contributed by atoms with van der Waals surface area (Å²) in [6.07, 6.45) is 0. The van der Waals surface area contributed by atoms with Gasteiger partial charge in [0.15, 0.2) is 0 Å². The summed E-state index contributed by atoms with van der Waals surface area (Å²) in [5.41, 5.74) is 3.11. The Hall–Kier alpha value is -2.15. The Morgan fingerprint density at radius 3 is 2.40 bits per heavy atom. The Morgan fingerprint density at radius 2 is 1.64 bits per heavy atom. The molecule has 5 nitrogen and oxygen atoms in total. The van der Waals surface area contributed by atoms with Crippen molar-refractivity contribution in [3.05, 3.63) is 54.1 Å². The second-order valence-corrected chi connectivity index (χ2v) is 7.03. The summed E-state index contributed by atoms with van der Waals surface area (Å²) in [6.45, 7) is 5.57. The molecule has 2 heterocycles. The van der Waals surface area contributed by atoms with Crippen LogP contribution in [-0.4, -0.2) is 40.8 Å². The molecule has 6 heteroatoms. The van der Waals surface area contributed by atoms with Gasteiger partial charge in [-0.15, -0.1) is 10.2 Å². The first-order valence-corrected chi connectivity index (χ1v) is 9.07. The van der Waals surface area contributed by atoms with Crippen LogP contribution >= 0.6 is 11.9 Å². The molecule has 0 amide bonds. The fraction of sp³-hybridized carbons (Fsp3) is 0.263. The van der Waals surface area contributed by atoms with Crippen LogP contribution in [0.5, 0.6) is 0 Å². The second-order valence-electron chi connectivity index (χ2n) is 5.89. The van der Waals surface area contributed by atoms with Crippen LogP contribution in [0.2, 0.25) is 0 Å². The molecule has 0 bridgehead atoms. The van der Waals surface area contributed by atoms with Gasteiger partial charge in [-0.05, 0) is 48.7 Å². The van der Waals surface area contributed by atoms with Gasteiger partial charge >= 0.3 is 0 Å². The number of rotatable bonds is 4. The minimum atomic E-state index is 0.540. The van der Waals surface area contributed by atoms with E-state index in [-0.39, 0.29) is 0 Å². The van der Waals surface area contributed by atoms with Gasteiger partial charge in [0.2, 0.25) is 11.8 Å². The fourth-order valence-electron chi connectivity index (χ4n) is 2.65. The van der Waals surface area contributed by atoms with Crippen LogP contribution in [0.4, 0.5) is 0 Å². The normalized spacial score (nSPS) is 15.4. The van der Waals surface area contributed by atoms with Crippen LogP contribution in [-0.2, 0) is 4.74 Å². The van der Waals surface area contributed by atoms with Crippen molar-refractivity contribution in [1.29, 1.82) is 0 Å². The van der Waals surface area contributed by atoms with Gasteiger partial charge in [-0.2, -0.15) is 0 Å². The van der Waals surface area contributed by atoms with Crippen molar-refractivity contribution < 1.29 is 9.15 Å². The van der Waals surface area contributed by atoms with E-state index < -0.39 is 0 Å². The smallest absolute Gasteiger partial charge is 0.248 e. The van der Waals surface area contributed by atoms with E-state index in [0.717, 1.165) is 37.4 Å². The largest absolute Gasteiger partial charge is 0.416 e. The summed E-state index contributed by atoms with van der Waals surface area (Å²) in [5.74, 6) is 1.08. The standard InChI is InChI=1S/C19H19N3O2S/c1-14-7-8-16(13-17(14)25-22-9-11-23-12-10-22)19-21-20-18(24-19)15-5-3-2-4-6-15/h2-8,13H,9-12H2,1H3. The predicted octanol–water partition coefficient (Wildman–Crippen LogP) is 4.05. The number of ether oxygens (including phenoxy) is 1. The van der Waals surface area contributed by atoms with Crippen LogP contribution in [0.3, 0.4) is 0 Å².